The molecule has 1 amide bonds. The molecule has 1 heterocycles. The molecule has 0 radical (unpaired) electrons. The molecule has 4 aromatic rings. The number of aromatic nitrogens is 2. The van der Waals surface area contributed by atoms with E-state index in [1.165, 1.54) is 19.2 Å². The number of methoxy groups -OCH3 is 1. The Bertz CT molecular complexity index is 1370. The number of hydrogen-bond acceptors (Lipinski definition) is 7. The molecular weight excluding hydrogens is 442 g/mol. The first-order valence-corrected chi connectivity index (χ1v) is 10.3. The van der Waals surface area contributed by atoms with Crippen molar-refractivity contribution in [2.24, 2.45) is 5.73 Å². The SMILES string of the molecule is COC(=O)c1ccc(C(=O)Nc2cc(-c3nc(N)nc4ccc(Cl)cc34)ccc2CN)cc1. The molecule has 0 unspecified atom stereocenters. The maximum atomic E-state index is 12.9. The van der Waals surface area contributed by atoms with E-state index in [-0.39, 0.29) is 18.4 Å². The molecule has 0 fully saturated rings. The Morgan fingerprint density at radius 1 is 1.00 bits per heavy atom. The van der Waals surface area contributed by atoms with Crippen LogP contribution >= 0.6 is 11.6 Å². The number of nitrogens with zero attached hydrogens (tertiary/aromatic N) is 2. The van der Waals surface area contributed by atoms with Gasteiger partial charge in [-0.25, -0.2) is 14.8 Å². The molecular formula is C24H20ClN5O3. The fourth-order valence-corrected chi connectivity index (χ4v) is 3.60. The van der Waals surface area contributed by atoms with Crippen LogP contribution in [0.15, 0.2) is 60.7 Å². The van der Waals surface area contributed by atoms with E-state index in [2.05, 4.69) is 20.0 Å². The number of anilines is 2. The van der Waals surface area contributed by atoms with Crippen LogP contribution in [-0.2, 0) is 11.3 Å². The zero-order valence-electron chi connectivity index (χ0n) is 17.6. The number of halogens is 1. The molecule has 0 aliphatic heterocycles. The van der Waals surface area contributed by atoms with Crippen molar-refractivity contribution in [2.45, 2.75) is 6.54 Å². The molecule has 0 saturated heterocycles. The van der Waals surface area contributed by atoms with Gasteiger partial charge in [0.05, 0.1) is 23.9 Å². The van der Waals surface area contributed by atoms with E-state index in [0.29, 0.717) is 38.6 Å². The van der Waals surface area contributed by atoms with Crippen LogP contribution in [0.25, 0.3) is 22.2 Å². The van der Waals surface area contributed by atoms with E-state index < -0.39 is 5.97 Å². The lowest BCUT2D eigenvalue weighted by Gasteiger charge is -2.14. The Balaban J connectivity index is 1.71. The van der Waals surface area contributed by atoms with Crippen molar-refractivity contribution in [1.82, 2.24) is 9.97 Å². The van der Waals surface area contributed by atoms with E-state index in [4.69, 9.17) is 23.1 Å². The summed E-state index contributed by atoms with van der Waals surface area (Å²) in [5, 5.41) is 4.16. The molecule has 8 nitrogen and oxygen atoms in total. The monoisotopic (exact) mass is 461 g/mol. The lowest BCUT2D eigenvalue weighted by atomic mass is 10.0. The average molecular weight is 462 g/mol. The second-order valence-corrected chi connectivity index (χ2v) is 7.63. The van der Waals surface area contributed by atoms with Crippen molar-refractivity contribution in [3.63, 3.8) is 0 Å². The summed E-state index contributed by atoms with van der Waals surface area (Å²) in [6.07, 6.45) is 0. The van der Waals surface area contributed by atoms with Crippen LogP contribution in [0.2, 0.25) is 5.02 Å². The Morgan fingerprint density at radius 3 is 2.42 bits per heavy atom. The van der Waals surface area contributed by atoms with Crippen LogP contribution in [0.3, 0.4) is 0 Å². The first kappa shape index (κ1) is 22.2. The maximum Gasteiger partial charge on any atom is 0.337 e. The standard InChI is InChI=1S/C24H20ClN5O3/c1-33-23(32)14-4-2-13(3-5-14)22(31)28-20-10-15(6-7-16(20)12-26)21-18-11-17(25)8-9-19(18)29-24(27)30-21/h2-11H,12,26H2,1H3,(H,28,31)(H2,27,29,30). The third kappa shape index (κ3) is 4.62. The average Bonchev–Trinajstić information content (AvgIpc) is 2.83. The van der Waals surface area contributed by atoms with Crippen molar-refractivity contribution in [3.8, 4) is 11.3 Å². The zero-order chi connectivity index (χ0) is 23.5. The van der Waals surface area contributed by atoms with Crippen LogP contribution in [0, 0.1) is 0 Å². The first-order chi connectivity index (χ1) is 15.9. The van der Waals surface area contributed by atoms with Crippen LogP contribution in [0.5, 0.6) is 0 Å². The molecule has 0 aliphatic carbocycles. The van der Waals surface area contributed by atoms with Crippen molar-refractivity contribution in [2.75, 3.05) is 18.2 Å². The highest BCUT2D eigenvalue weighted by Crippen LogP contribution is 2.31. The number of carbonyl (C=O) groups excluding carboxylic acids is 2. The molecule has 0 saturated carbocycles. The highest BCUT2D eigenvalue weighted by Gasteiger charge is 2.15. The van der Waals surface area contributed by atoms with Gasteiger partial charge in [-0.1, -0.05) is 23.7 Å². The van der Waals surface area contributed by atoms with Gasteiger partial charge >= 0.3 is 5.97 Å². The van der Waals surface area contributed by atoms with Crippen molar-refractivity contribution < 1.29 is 14.3 Å². The molecule has 0 aliphatic rings. The number of hydrogen-bond donors (Lipinski definition) is 3. The zero-order valence-corrected chi connectivity index (χ0v) is 18.4. The van der Waals surface area contributed by atoms with Crippen molar-refractivity contribution >= 4 is 46.0 Å². The Morgan fingerprint density at radius 2 is 1.73 bits per heavy atom. The van der Waals surface area contributed by atoms with Gasteiger partial charge in [0.1, 0.15) is 0 Å². The van der Waals surface area contributed by atoms with E-state index in [1.54, 1.807) is 36.4 Å². The van der Waals surface area contributed by atoms with Gasteiger partial charge in [-0.2, -0.15) is 0 Å². The second kappa shape index (κ2) is 9.23. The maximum absolute atomic E-state index is 12.9. The molecule has 33 heavy (non-hydrogen) atoms. The van der Waals surface area contributed by atoms with E-state index in [9.17, 15) is 9.59 Å². The molecule has 4 rings (SSSR count). The summed E-state index contributed by atoms with van der Waals surface area (Å²) in [6, 6.07) is 16.9. The topological polar surface area (TPSA) is 133 Å². The molecule has 0 atom stereocenters. The number of rotatable bonds is 5. The number of nitrogen functional groups attached to an aromatic ring is 1. The van der Waals surface area contributed by atoms with Crippen LogP contribution in [0.1, 0.15) is 26.3 Å². The largest absolute Gasteiger partial charge is 0.465 e. The van der Waals surface area contributed by atoms with Gasteiger partial charge < -0.3 is 21.5 Å². The quantitative estimate of drug-likeness (QED) is 0.382. The number of fused-ring (bicyclic) bond motifs is 1. The smallest absolute Gasteiger partial charge is 0.337 e. The van der Waals surface area contributed by atoms with Crippen LogP contribution in [0.4, 0.5) is 11.6 Å². The fourth-order valence-electron chi connectivity index (χ4n) is 3.43. The number of benzene rings is 3. The fraction of sp³-hybridized carbons (Fsp3) is 0.0833. The minimum atomic E-state index is -0.475. The minimum Gasteiger partial charge on any atom is -0.465 e. The summed E-state index contributed by atoms with van der Waals surface area (Å²) < 4.78 is 4.68. The van der Waals surface area contributed by atoms with Gasteiger partial charge in [-0.15, -0.1) is 0 Å². The highest BCUT2D eigenvalue weighted by atomic mass is 35.5. The van der Waals surface area contributed by atoms with E-state index >= 15 is 0 Å². The predicted octanol–water partition coefficient (Wildman–Crippen LogP) is 4.03. The van der Waals surface area contributed by atoms with Gasteiger partial charge in [-0.05, 0) is 54.1 Å². The summed E-state index contributed by atoms with van der Waals surface area (Å²) in [5.41, 5.74) is 15.8. The first-order valence-electron chi connectivity index (χ1n) is 9.95. The summed E-state index contributed by atoms with van der Waals surface area (Å²) in [7, 11) is 1.30. The van der Waals surface area contributed by atoms with Gasteiger partial charge in [0.15, 0.2) is 0 Å². The predicted molar refractivity (Wildman–Crippen MR) is 128 cm³/mol. The Labute approximate surface area is 194 Å². The summed E-state index contributed by atoms with van der Waals surface area (Å²) in [5.74, 6) is -0.705. The molecule has 9 heteroatoms. The van der Waals surface area contributed by atoms with E-state index in [0.717, 1.165) is 10.9 Å². The normalized spacial score (nSPS) is 10.8. The van der Waals surface area contributed by atoms with Crippen molar-refractivity contribution in [3.05, 3.63) is 82.4 Å². The third-order valence-corrected chi connectivity index (χ3v) is 5.33. The highest BCUT2D eigenvalue weighted by molar-refractivity contribution is 6.31. The summed E-state index contributed by atoms with van der Waals surface area (Å²) in [6.45, 7) is 0.218. The van der Waals surface area contributed by atoms with Gasteiger partial charge in [0, 0.05) is 33.8 Å². The molecule has 0 bridgehead atoms. The van der Waals surface area contributed by atoms with Gasteiger partial charge in [-0.3, -0.25) is 4.79 Å². The number of nitrogens with two attached hydrogens (primary N) is 2. The molecule has 1 aromatic heterocycles. The second-order valence-electron chi connectivity index (χ2n) is 7.19. The number of esters is 1. The number of amides is 1. The number of nitrogens with one attached hydrogen (secondary N) is 1. The Kier molecular flexibility index (Phi) is 6.21. The van der Waals surface area contributed by atoms with Crippen LogP contribution in [-0.4, -0.2) is 29.0 Å². The van der Waals surface area contributed by atoms with Crippen molar-refractivity contribution in [1.29, 1.82) is 0 Å². The number of ether oxygens (including phenoxy) is 1. The van der Waals surface area contributed by atoms with E-state index in [1.807, 2.05) is 12.1 Å². The van der Waals surface area contributed by atoms with Crippen LogP contribution < -0.4 is 16.8 Å². The lowest BCUT2D eigenvalue weighted by Crippen LogP contribution is -2.15. The minimum absolute atomic E-state index is 0.124. The Hall–Kier alpha value is -4.01. The summed E-state index contributed by atoms with van der Waals surface area (Å²) in [4.78, 5) is 33.1. The number of carbonyl (C=O) groups is 2. The molecule has 5 N–H and O–H groups in total. The lowest BCUT2D eigenvalue weighted by molar-refractivity contribution is 0.0600. The molecule has 0 spiro atoms. The van der Waals surface area contributed by atoms with Gasteiger partial charge in [0.25, 0.3) is 5.91 Å². The summed E-state index contributed by atoms with van der Waals surface area (Å²) >= 11 is 6.18. The van der Waals surface area contributed by atoms with Gasteiger partial charge in [0.2, 0.25) is 5.95 Å². The molecule has 3 aromatic carbocycles. The third-order valence-electron chi connectivity index (χ3n) is 5.09. The molecule has 166 valence electrons.